The molecule has 3 N–H and O–H groups in total. The van der Waals surface area contributed by atoms with Crippen molar-refractivity contribution < 1.29 is 18.4 Å². The molecule has 112 valence electrons. The number of rotatable bonds is 4. The van der Waals surface area contributed by atoms with Crippen molar-refractivity contribution in [1.82, 2.24) is 9.80 Å². The number of alkyl halides is 3. The monoisotopic (exact) mass is 282 g/mol. The summed E-state index contributed by atoms with van der Waals surface area (Å²) >= 11 is 0. The number of nitrogens with two attached hydrogens (primary N) is 1. The highest BCUT2D eigenvalue weighted by Crippen LogP contribution is 2.28. The minimum absolute atomic E-state index is 0.0649. The maximum Gasteiger partial charge on any atom is 0.400 e. The molecule has 0 aromatic carbocycles. The second-order valence-electron chi connectivity index (χ2n) is 5.12. The van der Waals surface area contributed by atoms with Crippen LogP contribution in [0.4, 0.5) is 13.2 Å². The maximum absolute atomic E-state index is 12.9. The van der Waals surface area contributed by atoms with Gasteiger partial charge in [0.2, 0.25) is 0 Å². The highest BCUT2D eigenvalue weighted by Gasteiger charge is 2.44. The predicted octanol–water partition coefficient (Wildman–Crippen LogP) is 0.937. The molecule has 0 spiro atoms. The maximum atomic E-state index is 12.9. The van der Waals surface area contributed by atoms with Crippen molar-refractivity contribution in [2.45, 2.75) is 25.1 Å². The minimum Gasteiger partial charge on any atom is -0.409 e. The quantitative estimate of drug-likeness (QED) is 0.348. The van der Waals surface area contributed by atoms with Gasteiger partial charge in [-0.1, -0.05) is 5.16 Å². The van der Waals surface area contributed by atoms with Gasteiger partial charge < -0.3 is 20.7 Å². The summed E-state index contributed by atoms with van der Waals surface area (Å²) in [6, 6.07) is 0.0649. The Bertz CT molecular complexity index is 322. The Morgan fingerprint density at radius 3 is 2.68 bits per heavy atom. The van der Waals surface area contributed by atoms with Crippen molar-refractivity contribution in [1.29, 1.82) is 0 Å². The largest absolute Gasteiger partial charge is 0.409 e. The van der Waals surface area contributed by atoms with Crippen molar-refractivity contribution in [2.24, 2.45) is 16.8 Å². The zero-order valence-electron chi connectivity index (χ0n) is 11.2. The first kappa shape index (κ1) is 16.0. The van der Waals surface area contributed by atoms with Crippen molar-refractivity contribution in [2.75, 3.05) is 33.7 Å². The first-order chi connectivity index (χ1) is 8.75. The Hall–Kier alpha value is -1.02. The van der Waals surface area contributed by atoms with E-state index in [-0.39, 0.29) is 12.6 Å². The smallest absolute Gasteiger partial charge is 0.400 e. The fourth-order valence-electron chi connectivity index (χ4n) is 2.37. The van der Waals surface area contributed by atoms with Crippen LogP contribution in [0.1, 0.15) is 12.8 Å². The van der Waals surface area contributed by atoms with Gasteiger partial charge >= 0.3 is 6.18 Å². The average Bonchev–Trinajstić information content (AvgIpc) is 2.33. The summed E-state index contributed by atoms with van der Waals surface area (Å²) in [5.41, 5.74) is 5.15. The summed E-state index contributed by atoms with van der Waals surface area (Å²) in [4.78, 5) is 3.74. The van der Waals surface area contributed by atoms with E-state index in [0.717, 1.165) is 25.9 Å². The Labute approximate surface area is 110 Å². The molecule has 5 nitrogen and oxygen atoms in total. The van der Waals surface area contributed by atoms with Crippen molar-refractivity contribution in [3.8, 4) is 0 Å². The number of piperidine rings is 1. The van der Waals surface area contributed by atoms with Crippen molar-refractivity contribution in [3.05, 3.63) is 0 Å². The van der Waals surface area contributed by atoms with Crippen LogP contribution in [0.15, 0.2) is 5.16 Å². The van der Waals surface area contributed by atoms with Gasteiger partial charge in [0.15, 0.2) is 5.84 Å². The van der Waals surface area contributed by atoms with Crippen LogP contribution in [0.3, 0.4) is 0 Å². The molecule has 0 aliphatic carbocycles. The van der Waals surface area contributed by atoms with Gasteiger partial charge in [0, 0.05) is 19.1 Å². The molecule has 0 radical (unpaired) electrons. The number of oxime groups is 1. The van der Waals surface area contributed by atoms with E-state index in [1.165, 1.54) is 0 Å². The summed E-state index contributed by atoms with van der Waals surface area (Å²) in [7, 11) is 3.60. The van der Waals surface area contributed by atoms with Crippen molar-refractivity contribution in [3.63, 3.8) is 0 Å². The van der Waals surface area contributed by atoms with Crippen LogP contribution in [0, 0.1) is 5.92 Å². The van der Waals surface area contributed by atoms with Gasteiger partial charge in [-0.2, -0.15) is 13.2 Å². The van der Waals surface area contributed by atoms with Crippen LogP contribution in [-0.2, 0) is 0 Å². The van der Waals surface area contributed by atoms with Crippen LogP contribution in [-0.4, -0.2) is 66.8 Å². The first-order valence-corrected chi connectivity index (χ1v) is 6.18. The molecule has 0 aromatic rings. The van der Waals surface area contributed by atoms with Gasteiger partial charge in [0.1, 0.15) is 5.92 Å². The summed E-state index contributed by atoms with van der Waals surface area (Å²) in [6.07, 6.45) is -2.68. The van der Waals surface area contributed by atoms with Crippen LogP contribution >= 0.6 is 0 Å². The molecular formula is C11H21F3N4O. The SMILES string of the molecule is CN1CCCC(N(C)CC(C(N)=NO)C(F)(F)F)C1. The fraction of sp³-hybridized carbons (Fsp3) is 0.909. The number of hydrogen-bond acceptors (Lipinski definition) is 4. The third-order valence-corrected chi connectivity index (χ3v) is 3.56. The molecule has 1 aliphatic heterocycles. The molecule has 0 aromatic heterocycles. The van der Waals surface area contributed by atoms with Crippen LogP contribution in [0.2, 0.25) is 0 Å². The zero-order valence-corrected chi connectivity index (χ0v) is 11.2. The van der Waals surface area contributed by atoms with E-state index in [1.807, 2.05) is 7.05 Å². The van der Waals surface area contributed by atoms with Crippen LogP contribution in [0.5, 0.6) is 0 Å². The third-order valence-electron chi connectivity index (χ3n) is 3.56. The lowest BCUT2D eigenvalue weighted by atomic mass is 10.0. The lowest BCUT2D eigenvalue weighted by Crippen LogP contribution is -2.50. The molecule has 2 unspecified atom stereocenters. The molecule has 1 saturated heterocycles. The van der Waals surface area contributed by atoms with E-state index in [4.69, 9.17) is 10.9 Å². The molecular weight excluding hydrogens is 261 g/mol. The van der Waals surface area contributed by atoms with Gasteiger partial charge in [0.05, 0.1) is 0 Å². The standard InChI is InChI=1S/C11H21F3N4O/c1-17-5-3-4-8(6-17)18(2)7-9(10(15)16-19)11(12,13)14/h8-9,19H,3-7H2,1-2H3,(H2,15,16). The highest BCUT2D eigenvalue weighted by atomic mass is 19.4. The second-order valence-corrected chi connectivity index (χ2v) is 5.12. The van der Waals surface area contributed by atoms with Crippen molar-refractivity contribution >= 4 is 5.84 Å². The van der Waals surface area contributed by atoms with E-state index in [0.29, 0.717) is 0 Å². The highest BCUT2D eigenvalue weighted by molar-refractivity contribution is 5.83. The van der Waals surface area contributed by atoms with Gasteiger partial charge in [-0.15, -0.1) is 0 Å². The predicted molar refractivity (Wildman–Crippen MR) is 66.1 cm³/mol. The van der Waals surface area contributed by atoms with Gasteiger partial charge in [-0.05, 0) is 33.5 Å². The topological polar surface area (TPSA) is 65.1 Å². The van der Waals surface area contributed by atoms with E-state index < -0.39 is 17.9 Å². The lowest BCUT2D eigenvalue weighted by molar-refractivity contribution is -0.161. The number of likely N-dealkylation sites (N-methyl/N-ethyl adjacent to an activating group) is 2. The molecule has 1 aliphatic rings. The summed E-state index contributed by atoms with van der Waals surface area (Å²) < 4.78 is 38.6. The molecule has 0 saturated carbocycles. The summed E-state index contributed by atoms with van der Waals surface area (Å²) in [5.74, 6) is -2.72. The number of halogens is 3. The lowest BCUT2D eigenvalue weighted by Gasteiger charge is -2.37. The summed E-state index contributed by atoms with van der Waals surface area (Å²) in [5, 5.41) is 11.0. The Balaban J connectivity index is 2.68. The molecule has 1 rings (SSSR count). The first-order valence-electron chi connectivity index (χ1n) is 6.18. The molecule has 1 fully saturated rings. The normalized spacial score (nSPS) is 24.7. The molecule has 8 heteroatoms. The molecule has 1 heterocycles. The number of likely N-dealkylation sites (tertiary alicyclic amines) is 1. The van der Waals surface area contributed by atoms with E-state index >= 15 is 0 Å². The van der Waals surface area contributed by atoms with E-state index in [9.17, 15) is 13.2 Å². The third kappa shape index (κ3) is 4.54. The second kappa shape index (κ2) is 6.42. The molecule has 0 bridgehead atoms. The minimum atomic E-state index is -4.51. The van der Waals surface area contributed by atoms with E-state index in [2.05, 4.69) is 10.1 Å². The number of hydrogen-bond donors (Lipinski definition) is 2. The van der Waals surface area contributed by atoms with Gasteiger partial charge in [0.25, 0.3) is 0 Å². The summed E-state index contributed by atoms with van der Waals surface area (Å²) in [6.45, 7) is 1.41. The van der Waals surface area contributed by atoms with Gasteiger partial charge in [-0.3, -0.25) is 0 Å². The number of nitrogens with zero attached hydrogens (tertiary/aromatic N) is 3. The average molecular weight is 282 g/mol. The van der Waals surface area contributed by atoms with E-state index in [1.54, 1.807) is 11.9 Å². The molecule has 2 atom stereocenters. The number of amidine groups is 1. The fourth-order valence-corrected chi connectivity index (χ4v) is 2.37. The zero-order chi connectivity index (χ0) is 14.6. The Morgan fingerprint density at radius 1 is 1.58 bits per heavy atom. The molecule has 0 amide bonds. The van der Waals surface area contributed by atoms with Crippen LogP contribution in [0.25, 0.3) is 0 Å². The Kier molecular flexibility index (Phi) is 5.42. The van der Waals surface area contributed by atoms with Gasteiger partial charge in [-0.25, -0.2) is 0 Å². The molecule has 19 heavy (non-hydrogen) atoms. The van der Waals surface area contributed by atoms with Crippen LogP contribution < -0.4 is 5.73 Å². The Morgan fingerprint density at radius 2 is 2.21 bits per heavy atom.